The second-order valence-corrected chi connectivity index (χ2v) is 10.4. The largest absolute Gasteiger partial charge is 0.377 e. The summed E-state index contributed by atoms with van der Waals surface area (Å²) < 4.78 is 5.17. The topological polar surface area (TPSA) is 92.3 Å². The lowest BCUT2D eigenvalue weighted by atomic mass is 9.86. The van der Waals surface area contributed by atoms with Gasteiger partial charge in [-0.05, 0) is 61.8 Å². The predicted octanol–water partition coefficient (Wildman–Crippen LogP) is 4.47. The molecule has 1 saturated heterocycles. The molecule has 1 aliphatic carbocycles. The number of benzene rings is 1. The Bertz CT molecular complexity index is 1210. The molecule has 0 spiro atoms. The number of hydrogen-bond donors (Lipinski definition) is 2. The first kappa shape index (κ1) is 24.7. The Morgan fingerprint density at radius 3 is 2.53 bits per heavy atom. The van der Waals surface area contributed by atoms with Crippen molar-refractivity contribution in [3.05, 3.63) is 52.8 Å². The minimum absolute atomic E-state index is 0.0649. The highest BCUT2D eigenvalue weighted by Gasteiger charge is 2.26. The maximum atomic E-state index is 12.4. The third-order valence-electron chi connectivity index (χ3n) is 7.36. The van der Waals surface area contributed by atoms with Crippen LogP contribution in [0.15, 0.2) is 36.7 Å². The van der Waals surface area contributed by atoms with Gasteiger partial charge in [-0.15, -0.1) is 0 Å². The van der Waals surface area contributed by atoms with Crippen LogP contribution in [0.3, 0.4) is 0 Å². The predicted molar refractivity (Wildman–Crippen MR) is 142 cm³/mol. The molecule has 0 atom stereocenters. The molecule has 5 rings (SSSR count). The second-order valence-electron chi connectivity index (χ2n) is 10.00. The van der Waals surface area contributed by atoms with Crippen LogP contribution in [-0.2, 0) is 16.0 Å². The van der Waals surface area contributed by atoms with Crippen LogP contribution in [0.4, 0.5) is 11.8 Å². The first-order valence-electron chi connectivity index (χ1n) is 12.7. The number of carbonyl (C=O) groups excluding carboxylic acids is 1. The lowest BCUT2D eigenvalue weighted by molar-refractivity contribution is -0.140. The van der Waals surface area contributed by atoms with E-state index in [2.05, 4.69) is 32.7 Å². The lowest BCUT2D eigenvalue weighted by Crippen LogP contribution is -2.50. The van der Waals surface area contributed by atoms with Crippen molar-refractivity contribution in [2.45, 2.75) is 51.1 Å². The number of anilines is 2. The molecule has 0 unspecified atom stereocenters. The van der Waals surface area contributed by atoms with E-state index < -0.39 is 0 Å². The van der Waals surface area contributed by atoms with E-state index >= 15 is 0 Å². The normalized spacial score (nSPS) is 20.1. The molecule has 1 aliphatic heterocycles. The van der Waals surface area contributed by atoms with Gasteiger partial charge in [-0.2, -0.15) is 0 Å². The standard InChI is InChI=1S/C27H33ClN6O2/c1-17-3-6-20-7-10-23(33-26(20)25(17)28)32-21-8-4-18(5-9-21)12-29-27-30-13-19(14-31-27)11-24(35)34(2)22-15-36-16-22/h3,6-7,10,13-14,18,21-22H,4-5,8-9,11-12,15-16H2,1-2H3,(H,32,33)(H,29,30,31)/t18-,21-. The fourth-order valence-corrected chi connectivity index (χ4v) is 4.99. The molecular formula is C27H33ClN6O2. The summed E-state index contributed by atoms with van der Waals surface area (Å²) in [7, 11) is 1.82. The van der Waals surface area contributed by atoms with Crippen LogP contribution in [0, 0.1) is 12.8 Å². The third-order valence-corrected chi connectivity index (χ3v) is 7.84. The van der Waals surface area contributed by atoms with Gasteiger partial charge < -0.3 is 20.3 Å². The van der Waals surface area contributed by atoms with Crippen molar-refractivity contribution < 1.29 is 9.53 Å². The summed E-state index contributed by atoms with van der Waals surface area (Å²) in [6, 6.07) is 8.81. The molecule has 2 fully saturated rings. The van der Waals surface area contributed by atoms with Crippen molar-refractivity contribution in [1.82, 2.24) is 19.9 Å². The zero-order valence-corrected chi connectivity index (χ0v) is 21.6. The molecule has 1 aromatic carbocycles. The monoisotopic (exact) mass is 508 g/mol. The average molecular weight is 509 g/mol. The maximum Gasteiger partial charge on any atom is 0.227 e. The molecule has 1 amide bonds. The summed E-state index contributed by atoms with van der Waals surface area (Å²) in [4.78, 5) is 27.7. The Kier molecular flexibility index (Phi) is 7.53. The van der Waals surface area contributed by atoms with Crippen molar-refractivity contribution in [2.24, 2.45) is 5.92 Å². The van der Waals surface area contributed by atoms with E-state index in [0.29, 0.717) is 37.5 Å². The molecular weight excluding hydrogens is 476 g/mol. The number of carbonyl (C=O) groups is 1. The van der Waals surface area contributed by atoms with E-state index in [1.165, 1.54) is 0 Å². The Hall–Kier alpha value is -2.97. The van der Waals surface area contributed by atoms with Gasteiger partial charge in [-0.3, -0.25) is 4.79 Å². The van der Waals surface area contributed by atoms with Gasteiger partial charge in [0.05, 0.1) is 36.2 Å². The molecule has 1 saturated carbocycles. The number of hydrogen-bond acceptors (Lipinski definition) is 7. The quantitative estimate of drug-likeness (QED) is 0.463. The number of halogens is 1. The van der Waals surface area contributed by atoms with Crippen LogP contribution < -0.4 is 10.6 Å². The van der Waals surface area contributed by atoms with Crippen molar-refractivity contribution >= 4 is 40.2 Å². The van der Waals surface area contributed by atoms with Gasteiger partial charge in [0, 0.05) is 37.4 Å². The van der Waals surface area contributed by atoms with Crippen molar-refractivity contribution in [3.63, 3.8) is 0 Å². The van der Waals surface area contributed by atoms with E-state index in [0.717, 1.165) is 65.1 Å². The molecule has 190 valence electrons. The van der Waals surface area contributed by atoms with Gasteiger partial charge in [0.15, 0.2) is 0 Å². The number of aromatic nitrogens is 3. The van der Waals surface area contributed by atoms with E-state index in [4.69, 9.17) is 21.3 Å². The fourth-order valence-electron chi connectivity index (χ4n) is 4.78. The lowest BCUT2D eigenvalue weighted by Gasteiger charge is -2.34. The van der Waals surface area contributed by atoms with Crippen LogP contribution in [0.5, 0.6) is 0 Å². The summed E-state index contributed by atoms with van der Waals surface area (Å²) >= 11 is 6.48. The van der Waals surface area contributed by atoms with Crippen molar-refractivity contribution in [2.75, 3.05) is 37.4 Å². The minimum atomic E-state index is 0.0649. The van der Waals surface area contributed by atoms with Crippen LogP contribution in [0.2, 0.25) is 5.02 Å². The van der Waals surface area contributed by atoms with Gasteiger partial charge >= 0.3 is 0 Å². The number of amides is 1. The maximum absolute atomic E-state index is 12.4. The number of aryl methyl sites for hydroxylation is 1. The number of likely N-dealkylation sites (N-methyl/N-ethyl adjacent to an activating group) is 1. The highest BCUT2D eigenvalue weighted by Crippen LogP contribution is 2.29. The van der Waals surface area contributed by atoms with E-state index in [1.54, 1.807) is 17.3 Å². The van der Waals surface area contributed by atoms with Crippen LogP contribution in [0.25, 0.3) is 10.9 Å². The molecule has 0 bridgehead atoms. The van der Waals surface area contributed by atoms with Crippen LogP contribution in [0.1, 0.15) is 36.8 Å². The minimum Gasteiger partial charge on any atom is -0.377 e. The molecule has 9 heteroatoms. The van der Waals surface area contributed by atoms with Gasteiger partial charge in [0.25, 0.3) is 0 Å². The van der Waals surface area contributed by atoms with E-state index in [1.807, 2.05) is 26.1 Å². The second kappa shape index (κ2) is 11.0. The molecule has 2 aliphatic rings. The van der Waals surface area contributed by atoms with Gasteiger partial charge in [0.2, 0.25) is 11.9 Å². The van der Waals surface area contributed by atoms with Crippen LogP contribution in [-0.4, -0.2) is 64.6 Å². The Morgan fingerprint density at radius 2 is 1.83 bits per heavy atom. The number of nitrogens with one attached hydrogen (secondary N) is 2. The first-order valence-corrected chi connectivity index (χ1v) is 13.0. The van der Waals surface area contributed by atoms with E-state index in [9.17, 15) is 4.79 Å². The number of fused-ring (bicyclic) bond motifs is 1. The Balaban J connectivity index is 1.06. The molecule has 8 nitrogen and oxygen atoms in total. The number of pyridine rings is 1. The highest BCUT2D eigenvalue weighted by molar-refractivity contribution is 6.35. The average Bonchev–Trinajstić information content (AvgIpc) is 2.86. The first-order chi connectivity index (χ1) is 17.5. The van der Waals surface area contributed by atoms with Crippen molar-refractivity contribution in [3.8, 4) is 0 Å². The summed E-state index contributed by atoms with van der Waals surface area (Å²) in [6.07, 6.45) is 8.23. The summed E-state index contributed by atoms with van der Waals surface area (Å²) in [6.45, 7) is 4.09. The fraction of sp³-hybridized carbons (Fsp3) is 0.481. The molecule has 2 aromatic heterocycles. The third kappa shape index (κ3) is 5.71. The Morgan fingerprint density at radius 1 is 1.11 bits per heavy atom. The van der Waals surface area contributed by atoms with Gasteiger partial charge in [-0.1, -0.05) is 23.7 Å². The van der Waals surface area contributed by atoms with Crippen LogP contribution >= 0.6 is 11.6 Å². The zero-order chi connectivity index (χ0) is 25.1. The van der Waals surface area contributed by atoms with Gasteiger partial charge in [-0.25, -0.2) is 15.0 Å². The molecule has 36 heavy (non-hydrogen) atoms. The molecule has 0 radical (unpaired) electrons. The smallest absolute Gasteiger partial charge is 0.227 e. The van der Waals surface area contributed by atoms with Gasteiger partial charge in [0.1, 0.15) is 5.82 Å². The molecule has 3 heterocycles. The van der Waals surface area contributed by atoms with Crippen molar-refractivity contribution in [1.29, 1.82) is 0 Å². The SMILES string of the molecule is Cc1ccc2ccc(N[C@H]3CC[C@H](CNc4ncc(CC(=O)N(C)C5COC5)cn4)CC3)nc2c1Cl. The van der Waals surface area contributed by atoms with E-state index in [-0.39, 0.29) is 11.9 Å². The summed E-state index contributed by atoms with van der Waals surface area (Å²) in [5.41, 5.74) is 2.72. The summed E-state index contributed by atoms with van der Waals surface area (Å²) in [5.74, 6) is 2.14. The zero-order valence-electron chi connectivity index (χ0n) is 20.8. The number of ether oxygens (including phenoxy) is 1. The summed E-state index contributed by atoms with van der Waals surface area (Å²) in [5, 5.41) is 8.76. The number of nitrogens with zero attached hydrogens (tertiary/aromatic N) is 4. The highest BCUT2D eigenvalue weighted by atomic mass is 35.5. The molecule has 3 aromatic rings. The molecule has 2 N–H and O–H groups in total. The Labute approximate surface area is 216 Å². The number of rotatable bonds is 8.